The molecule has 64 heavy (non-hydrogen) atoms. The molecule has 366 valence electrons. The van der Waals surface area contributed by atoms with Crippen molar-refractivity contribution in [3.63, 3.8) is 0 Å². The van der Waals surface area contributed by atoms with Crippen LogP contribution in [0.3, 0.4) is 0 Å². The smallest absolute Gasteiger partial charge is 0.330 e. The van der Waals surface area contributed by atoms with Crippen LogP contribution in [0.5, 0.6) is 0 Å². The summed E-state index contributed by atoms with van der Waals surface area (Å²) in [4.78, 5) is 73.0. The topological polar surface area (TPSA) is 237 Å². The van der Waals surface area contributed by atoms with Gasteiger partial charge in [0.15, 0.2) is 0 Å². The molecule has 0 bridgehead atoms. The van der Waals surface area contributed by atoms with E-state index in [2.05, 4.69) is 26.3 Å². The van der Waals surface area contributed by atoms with E-state index >= 15 is 0 Å². The summed E-state index contributed by atoms with van der Waals surface area (Å²) in [6, 6.07) is 0. The lowest BCUT2D eigenvalue weighted by atomic mass is 10.3. The van der Waals surface area contributed by atoms with Gasteiger partial charge in [0.25, 0.3) is 0 Å². The maximum Gasteiger partial charge on any atom is 0.330 e. The second-order valence-corrected chi connectivity index (χ2v) is 14.5. The van der Waals surface area contributed by atoms with Gasteiger partial charge in [0.2, 0.25) is 0 Å². The fourth-order valence-corrected chi connectivity index (χ4v) is 5.03. The number of esters is 6. The fraction of sp³-hybridized carbons (Fsp3) is 0.682. The molecule has 0 aliphatic rings. The van der Waals surface area contributed by atoms with Gasteiger partial charge in [0.1, 0.15) is 48.8 Å². The van der Waals surface area contributed by atoms with E-state index in [1.54, 1.807) is 46.4 Å². The Balaban J connectivity index is 4.88. The molecular formula is C44H71NO19. The molecule has 20 nitrogen and oxygen atoms in total. The largest absolute Gasteiger partial charge is 0.460 e. The molecule has 8 unspecified atom stereocenters. The first kappa shape index (κ1) is 59.5. The van der Waals surface area contributed by atoms with Crippen molar-refractivity contribution in [2.75, 3.05) is 92.3 Å². The van der Waals surface area contributed by atoms with Crippen LogP contribution in [0.1, 0.15) is 54.4 Å². The van der Waals surface area contributed by atoms with E-state index in [0.29, 0.717) is 0 Å². The zero-order valence-corrected chi connectivity index (χ0v) is 38.3. The normalized spacial score (nSPS) is 14.9. The predicted molar refractivity (Wildman–Crippen MR) is 230 cm³/mol. The molecule has 0 saturated heterocycles. The van der Waals surface area contributed by atoms with E-state index in [4.69, 9.17) is 56.8 Å². The highest BCUT2D eigenvalue weighted by molar-refractivity contribution is 5.82. The summed E-state index contributed by atoms with van der Waals surface area (Å²) in [5, 5.41) is 9.59. The van der Waals surface area contributed by atoms with Crippen molar-refractivity contribution in [3.05, 3.63) is 50.6 Å². The van der Waals surface area contributed by atoms with Crippen LogP contribution in [0.15, 0.2) is 50.6 Å². The molecule has 0 aromatic heterocycles. The Bertz CT molecular complexity index is 1310. The SMILES string of the molecule is C=CC(=O)OC(C)COCC(COCC(C)OC(=O)CCN(CCO)CCC(=O)OC(C)COCC(COCC(C)OC(=O)C=C)OCC(C)OC(=O)C=C)OCC(C)OC(=O)C=C. The van der Waals surface area contributed by atoms with Crippen LogP contribution in [0.25, 0.3) is 0 Å². The van der Waals surface area contributed by atoms with Crippen molar-refractivity contribution < 1.29 is 90.7 Å². The predicted octanol–water partition coefficient (Wildman–Crippen LogP) is 2.23. The highest BCUT2D eigenvalue weighted by Crippen LogP contribution is 2.07. The molecule has 0 aliphatic heterocycles. The summed E-state index contributed by atoms with van der Waals surface area (Å²) in [6.45, 7) is 24.2. The Labute approximate surface area is 377 Å². The van der Waals surface area contributed by atoms with Crippen molar-refractivity contribution in [1.29, 1.82) is 0 Å². The van der Waals surface area contributed by atoms with Crippen LogP contribution in [-0.4, -0.2) is 187 Å². The molecule has 0 aromatic carbocycles. The Morgan fingerprint density at radius 1 is 0.422 bits per heavy atom. The van der Waals surface area contributed by atoms with Crippen LogP contribution in [0.4, 0.5) is 0 Å². The van der Waals surface area contributed by atoms with Crippen molar-refractivity contribution in [2.45, 2.75) is 103 Å². The first-order valence-corrected chi connectivity index (χ1v) is 21.0. The number of hydrogen-bond acceptors (Lipinski definition) is 20. The van der Waals surface area contributed by atoms with Gasteiger partial charge in [-0.15, -0.1) is 0 Å². The van der Waals surface area contributed by atoms with E-state index in [-0.39, 0.29) is 105 Å². The molecule has 0 radical (unpaired) electrons. The van der Waals surface area contributed by atoms with Gasteiger partial charge in [0, 0.05) is 43.9 Å². The second kappa shape index (κ2) is 36.8. The third-order valence-electron chi connectivity index (χ3n) is 8.04. The Morgan fingerprint density at radius 3 is 0.953 bits per heavy atom. The number of carbonyl (C=O) groups excluding carboxylic acids is 6. The monoisotopic (exact) mass is 917 g/mol. The molecule has 0 aromatic rings. The van der Waals surface area contributed by atoms with Crippen LogP contribution in [0.2, 0.25) is 0 Å². The maximum atomic E-state index is 12.7. The van der Waals surface area contributed by atoms with Crippen molar-refractivity contribution in [1.82, 2.24) is 4.90 Å². The quantitative estimate of drug-likeness (QED) is 0.0527. The van der Waals surface area contributed by atoms with E-state index in [9.17, 15) is 33.9 Å². The number of carbonyl (C=O) groups is 6. The van der Waals surface area contributed by atoms with Crippen LogP contribution < -0.4 is 0 Å². The summed E-state index contributed by atoms with van der Waals surface area (Å²) >= 11 is 0. The van der Waals surface area contributed by atoms with E-state index < -0.39 is 84.6 Å². The number of rotatable bonds is 40. The number of ether oxygens (including phenoxy) is 12. The first-order valence-electron chi connectivity index (χ1n) is 21.0. The van der Waals surface area contributed by atoms with Crippen LogP contribution in [-0.2, 0) is 85.6 Å². The van der Waals surface area contributed by atoms with Gasteiger partial charge in [-0.1, -0.05) is 26.3 Å². The Hall–Kier alpha value is -4.54. The zero-order valence-electron chi connectivity index (χ0n) is 38.3. The first-order chi connectivity index (χ1) is 30.4. The van der Waals surface area contributed by atoms with Crippen LogP contribution >= 0.6 is 0 Å². The summed E-state index contributed by atoms with van der Waals surface area (Å²) < 4.78 is 65.9. The zero-order chi connectivity index (χ0) is 48.3. The van der Waals surface area contributed by atoms with Gasteiger partial charge in [-0.2, -0.15) is 0 Å². The summed E-state index contributed by atoms with van der Waals surface area (Å²) in [5.74, 6) is -3.40. The molecule has 20 heteroatoms. The fourth-order valence-electron chi connectivity index (χ4n) is 5.03. The van der Waals surface area contributed by atoms with E-state index in [1.165, 1.54) is 0 Å². The molecule has 0 saturated carbocycles. The van der Waals surface area contributed by atoms with Crippen molar-refractivity contribution in [3.8, 4) is 0 Å². The van der Waals surface area contributed by atoms with Crippen molar-refractivity contribution in [2.24, 2.45) is 0 Å². The lowest BCUT2D eigenvalue weighted by Gasteiger charge is -2.23. The van der Waals surface area contributed by atoms with Crippen molar-refractivity contribution >= 4 is 35.8 Å². The molecule has 8 atom stereocenters. The third kappa shape index (κ3) is 33.0. The summed E-state index contributed by atoms with van der Waals surface area (Å²) in [5.41, 5.74) is 0. The molecule has 0 amide bonds. The Kier molecular flexibility index (Phi) is 34.2. The highest BCUT2D eigenvalue weighted by atomic mass is 16.6. The van der Waals surface area contributed by atoms with Crippen LogP contribution in [0, 0.1) is 0 Å². The number of hydrogen-bond donors (Lipinski definition) is 1. The minimum atomic E-state index is -0.637. The van der Waals surface area contributed by atoms with Gasteiger partial charge in [-0.05, 0) is 41.5 Å². The molecule has 0 spiro atoms. The number of aliphatic hydroxyl groups is 1. The molecule has 1 N–H and O–H groups in total. The van der Waals surface area contributed by atoms with Gasteiger partial charge in [-0.25, -0.2) is 19.2 Å². The lowest BCUT2D eigenvalue weighted by Crippen LogP contribution is -2.34. The highest BCUT2D eigenvalue weighted by Gasteiger charge is 2.20. The minimum absolute atomic E-state index is 0.0240. The summed E-state index contributed by atoms with van der Waals surface area (Å²) in [7, 11) is 0. The summed E-state index contributed by atoms with van der Waals surface area (Å²) in [6.07, 6.45) is -0.637. The number of aliphatic hydroxyl groups excluding tert-OH is 1. The molecule has 0 heterocycles. The average Bonchev–Trinajstić information content (AvgIpc) is 3.24. The average molecular weight is 918 g/mol. The lowest BCUT2D eigenvalue weighted by molar-refractivity contribution is -0.156. The third-order valence-corrected chi connectivity index (χ3v) is 8.04. The minimum Gasteiger partial charge on any atom is -0.460 e. The molecule has 0 fully saturated rings. The molecule has 0 aliphatic carbocycles. The van der Waals surface area contributed by atoms with Gasteiger partial charge in [0.05, 0.1) is 85.5 Å². The van der Waals surface area contributed by atoms with Gasteiger partial charge < -0.3 is 61.9 Å². The molecular weight excluding hydrogens is 846 g/mol. The van der Waals surface area contributed by atoms with Gasteiger partial charge >= 0.3 is 35.8 Å². The second-order valence-electron chi connectivity index (χ2n) is 14.5. The van der Waals surface area contributed by atoms with E-state index in [1.807, 2.05) is 0 Å². The Morgan fingerprint density at radius 2 is 0.688 bits per heavy atom. The molecule has 0 rings (SSSR count). The van der Waals surface area contributed by atoms with Gasteiger partial charge in [-0.3, -0.25) is 14.5 Å². The number of nitrogens with zero attached hydrogens (tertiary/aromatic N) is 1. The van der Waals surface area contributed by atoms with E-state index in [0.717, 1.165) is 24.3 Å². The maximum absolute atomic E-state index is 12.7. The standard InChI is InChI=1S/C44H71NO19/c1-11-39(47)59-31(5)21-53-27-37(57-25-35(9)61-41(49)13-3)29-55-23-33(7)63-43(51)15-17-45(19-20-46)18-16-44(52)64-34(8)24-56-30-38(58-26-36(10)62-42(50)14-4)28-54-22-32(6)60-40(48)12-2/h11-14,31-38,46H,1-4,15-30H2,5-10H3.